The zero-order chi connectivity index (χ0) is 13.2. The van der Waals surface area contributed by atoms with Crippen LogP contribution in [0.25, 0.3) is 0 Å². The van der Waals surface area contributed by atoms with Crippen LogP contribution in [0.3, 0.4) is 0 Å². The van der Waals surface area contributed by atoms with Crippen LogP contribution in [0, 0.1) is 17.8 Å². The topological polar surface area (TPSA) is 46.3 Å². The summed E-state index contributed by atoms with van der Waals surface area (Å²) in [5.74, 6) is 1.42. The standard InChI is InChI=1S/C14H28N2O/c1-6-11(4)16(5)14(17)12-8-13(15)10(3)7-9(12)2/h9-13H,6-8,15H2,1-5H3. The first-order chi connectivity index (χ1) is 7.88. The molecule has 1 amide bonds. The Labute approximate surface area is 106 Å². The highest BCUT2D eigenvalue weighted by atomic mass is 16.2. The van der Waals surface area contributed by atoms with Crippen molar-refractivity contribution in [1.29, 1.82) is 0 Å². The molecule has 0 aromatic rings. The lowest BCUT2D eigenvalue weighted by Gasteiger charge is -2.39. The third-order valence-electron chi connectivity index (χ3n) is 4.60. The zero-order valence-electron chi connectivity index (χ0n) is 11.9. The molecule has 0 aliphatic heterocycles. The second kappa shape index (κ2) is 5.85. The van der Waals surface area contributed by atoms with Gasteiger partial charge in [0.1, 0.15) is 0 Å². The molecule has 1 aliphatic rings. The maximum Gasteiger partial charge on any atom is 0.225 e. The van der Waals surface area contributed by atoms with E-state index in [4.69, 9.17) is 5.73 Å². The second-order valence-corrected chi connectivity index (χ2v) is 5.90. The summed E-state index contributed by atoms with van der Waals surface area (Å²) in [5, 5.41) is 0. The summed E-state index contributed by atoms with van der Waals surface area (Å²) in [5.41, 5.74) is 6.11. The van der Waals surface area contributed by atoms with Gasteiger partial charge in [0, 0.05) is 25.0 Å². The van der Waals surface area contributed by atoms with Crippen molar-refractivity contribution in [3.8, 4) is 0 Å². The fourth-order valence-electron chi connectivity index (χ4n) is 2.78. The van der Waals surface area contributed by atoms with E-state index in [0.29, 0.717) is 17.9 Å². The van der Waals surface area contributed by atoms with E-state index in [1.54, 1.807) is 0 Å². The van der Waals surface area contributed by atoms with E-state index >= 15 is 0 Å². The van der Waals surface area contributed by atoms with Crippen LogP contribution in [0.1, 0.15) is 47.0 Å². The monoisotopic (exact) mass is 240 g/mol. The molecule has 1 aliphatic carbocycles. The zero-order valence-corrected chi connectivity index (χ0v) is 11.9. The number of hydrogen-bond donors (Lipinski definition) is 1. The molecule has 0 spiro atoms. The van der Waals surface area contributed by atoms with Crippen LogP contribution in [-0.4, -0.2) is 29.9 Å². The van der Waals surface area contributed by atoms with Crippen molar-refractivity contribution in [3.05, 3.63) is 0 Å². The predicted octanol–water partition coefficient (Wildman–Crippen LogP) is 2.25. The maximum absolute atomic E-state index is 12.4. The van der Waals surface area contributed by atoms with E-state index in [0.717, 1.165) is 19.3 Å². The number of carbonyl (C=O) groups excluding carboxylic acids is 1. The van der Waals surface area contributed by atoms with Crippen molar-refractivity contribution in [3.63, 3.8) is 0 Å². The summed E-state index contributed by atoms with van der Waals surface area (Å²) in [7, 11) is 1.92. The highest BCUT2D eigenvalue weighted by molar-refractivity contribution is 5.79. The molecule has 17 heavy (non-hydrogen) atoms. The Balaban J connectivity index is 2.68. The highest BCUT2D eigenvalue weighted by Gasteiger charge is 2.36. The molecule has 0 heterocycles. The maximum atomic E-state index is 12.4. The lowest BCUT2D eigenvalue weighted by Crippen LogP contribution is -2.47. The van der Waals surface area contributed by atoms with Gasteiger partial charge in [0.2, 0.25) is 5.91 Å². The molecule has 5 atom stereocenters. The minimum atomic E-state index is 0.125. The lowest BCUT2D eigenvalue weighted by molar-refractivity contribution is -0.139. The van der Waals surface area contributed by atoms with Crippen LogP contribution >= 0.6 is 0 Å². The van der Waals surface area contributed by atoms with Gasteiger partial charge in [-0.3, -0.25) is 4.79 Å². The smallest absolute Gasteiger partial charge is 0.225 e. The van der Waals surface area contributed by atoms with Crippen molar-refractivity contribution in [1.82, 2.24) is 4.90 Å². The molecule has 0 saturated heterocycles. The SMILES string of the molecule is CCC(C)N(C)C(=O)C1CC(N)C(C)CC1C. The van der Waals surface area contributed by atoms with Crippen LogP contribution < -0.4 is 5.73 Å². The lowest BCUT2D eigenvalue weighted by atomic mass is 9.72. The van der Waals surface area contributed by atoms with E-state index in [2.05, 4.69) is 27.7 Å². The summed E-state index contributed by atoms with van der Waals surface area (Å²) in [6.07, 6.45) is 2.93. The molecule has 3 nitrogen and oxygen atoms in total. The molecular weight excluding hydrogens is 212 g/mol. The Morgan fingerprint density at radius 1 is 1.35 bits per heavy atom. The van der Waals surface area contributed by atoms with Gasteiger partial charge in [0.15, 0.2) is 0 Å². The van der Waals surface area contributed by atoms with Gasteiger partial charge < -0.3 is 10.6 Å². The second-order valence-electron chi connectivity index (χ2n) is 5.90. The molecule has 0 aromatic heterocycles. The summed E-state index contributed by atoms with van der Waals surface area (Å²) in [6.45, 7) is 8.61. The normalized spacial score (nSPS) is 35.4. The fourth-order valence-corrected chi connectivity index (χ4v) is 2.78. The Hall–Kier alpha value is -0.570. The number of amides is 1. The van der Waals surface area contributed by atoms with E-state index < -0.39 is 0 Å². The molecule has 1 fully saturated rings. The molecule has 1 rings (SSSR count). The predicted molar refractivity (Wildman–Crippen MR) is 71.6 cm³/mol. The Bertz CT molecular complexity index is 267. The van der Waals surface area contributed by atoms with E-state index in [1.807, 2.05) is 11.9 Å². The van der Waals surface area contributed by atoms with Crippen molar-refractivity contribution < 1.29 is 4.79 Å². The highest BCUT2D eigenvalue weighted by Crippen LogP contribution is 2.34. The summed E-state index contributed by atoms with van der Waals surface area (Å²) in [6, 6.07) is 0.510. The molecule has 5 unspecified atom stereocenters. The number of nitrogens with two attached hydrogens (primary N) is 1. The minimum Gasteiger partial charge on any atom is -0.343 e. The molecule has 1 saturated carbocycles. The minimum absolute atomic E-state index is 0.125. The fraction of sp³-hybridized carbons (Fsp3) is 0.929. The quantitative estimate of drug-likeness (QED) is 0.822. The van der Waals surface area contributed by atoms with Crippen LogP contribution in [0.15, 0.2) is 0 Å². The summed E-state index contributed by atoms with van der Waals surface area (Å²) >= 11 is 0. The number of rotatable bonds is 3. The van der Waals surface area contributed by atoms with Crippen molar-refractivity contribution in [2.24, 2.45) is 23.5 Å². The third kappa shape index (κ3) is 3.21. The van der Waals surface area contributed by atoms with E-state index in [9.17, 15) is 4.79 Å². The number of carbonyl (C=O) groups is 1. The largest absolute Gasteiger partial charge is 0.343 e. The van der Waals surface area contributed by atoms with Crippen LogP contribution in [0.4, 0.5) is 0 Å². The molecule has 3 heteroatoms. The van der Waals surface area contributed by atoms with E-state index in [-0.39, 0.29) is 17.9 Å². The van der Waals surface area contributed by atoms with Gasteiger partial charge in [-0.1, -0.05) is 20.8 Å². The number of nitrogens with zero attached hydrogens (tertiary/aromatic N) is 1. The molecular formula is C14H28N2O. The molecule has 0 aromatic carbocycles. The Morgan fingerprint density at radius 2 is 1.94 bits per heavy atom. The van der Waals surface area contributed by atoms with Gasteiger partial charge in [0.25, 0.3) is 0 Å². The first kappa shape index (κ1) is 14.5. The van der Waals surface area contributed by atoms with Gasteiger partial charge in [-0.15, -0.1) is 0 Å². The van der Waals surface area contributed by atoms with Crippen LogP contribution in [-0.2, 0) is 4.79 Å². The third-order valence-corrected chi connectivity index (χ3v) is 4.60. The van der Waals surface area contributed by atoms with Gasteiger partial charge in [-0.05, 0) is 38.0 Å². The number of hydrogen-bond acceptors (Lipinski definition) is 2. The Kier molecular flexibility index (Phi) is 4.99. The Morgan fingerprint density at radius 3 is 2.47 bits per heavy atom. The first-order valence-electron chi connectivity index (χ1n) is 6.90. The molecule has 0 radical (unpaired) electrons. The molecule has 2 N–H and O–H groups in total. The average Bonchev–Trinajstić information content (AvgIpc) is 2.31. The molecule has 100 valence electrons. The van der Waals surface area contributed by atoms with Gasteiger partial charge >= 0.3 is 0 Å². The average molecular weight is 240 g/mol. The van der Waals surface area contributed by atoms with Crippen molar-refractivity contribution in [2.75, 3.05) is 7.05 Å². The van der Waals surface area contributed by atoms with Gasteiger partial charge in [-0.2, -0.15) is 0 Å². The van der Waals surface area contributed by atoms with Gasteiger partial charge in [-0.25, -0.2) is 0 Å². The summed E-state index contributed by atoms with van der Waals surface area (Å²) in [4.78, 5) is 14.3. The van der Waals surface area contributed by atoms with E-state index in [1.165, 1.54) is 0 Å². The van der Waals surface area contributed by atoms with Crippen molar-refractivity contribution >= 4 is 5.91 Å². The van der Waals surface area contributed by atoms with Crippen LogP contribution in [0.2, 0.25) is 0 Å². The molecule has 0 bridgehead atoms. The van der Waals surface area contributed by atoms with Crippen molar-refractivity contribution in [2.45, 2.75) is 59.0 Å². The van der Waals surface area contributed by atoms with Gasteiger partial charge in [0.05, 0.1) is 0 Å². The summed E-state index contributed by atoms with van der Waals surface area (Å²) < 4.78 is 0. The first-order valence-corrected chi connectivity index (χ1v) is 6.90. The van der Waals surface area contributed by atoms with Crippen LogP contribution in [0.5, 0.6) is 0 Å².